The molecule has 0 aromatic heterocycles. The molecule has 0 aromatic carbocycles. The molecule has 2 unspecified atom stereocenters. The third-order valence-corrected chi connectivity index (χ3v) is 5.23. The first-order chi connectivity index (χ1) is 8.86. The maximum absolute atomic E-state index is 5.93. The molecular weight excluding hydrogens is 222 g/mol. The molecule has 0 bridgehead atoms. The average Bonchev–Trinajstić information content (AvgIpc) is 2.46. The van der Waals surface area contributed by atoms with Crippen LogP contribution in [0.25, 0.3) is 0 Å². The molecular formula is C16H31NO. The van der Waals surface area contributed by atoms with Crippen molar-refractivity contribution >= 4 is 0 Å². The van der Waals surface area contributed by atoms with Crippen molar-refractivity contribution in [3.8, 4) is 0 Å². The van der Waals surface area contributed by atoms with Crippen molar-refractivity contribution in [1.29, 1.82) is 0 Å². The molecule has 106 valence electrons. The van der Waals surface area contributed by atoms with E-state index in [1.165, 1.54) is 64.2 Å². The molecule has 0 saturated heterocycles. The first kappa shape index (κ1) is 14.3. The van der Waals surface area contributed by atoms with Gasteiger partial charge in [0.1, 0.15) is 0 Å². The van der Waals surface area contributed by atoms with E-state index in [0.717, 1.165) is 11.8 Å². The van der Waals surface area contributed by atoms with Crippen molar-refractivity contribution in [2.45, 2.75) is 76.4 Å². The van der Waals surface area contributed by atoms with Gasteiger partial charge in [-0.1, -0.05) is 38.5 Å². The molecule has 0 amide bonds. The van der Waals surface area contributed by atoms with Gasteiger partial charge in [0.05, 0.1) is 6.10 Å². The third-order valence-electron chi connectivity index (χ3n) is 5.23. The van der Waals surface area contributed by atoms with E-state index in [0.29, 0.717) is 12.1 Å². The van der Waals surface area contributed by atoms with Gasteiger partial charge in [-0.05, 0) is 44.6 Å². The standard InChI is InChI=1S/C16H31NO/c1-17-15(13-9-5-3-6-10-13)16(18-2)14-11-7-4-8-12-14/h13-17H,3-12H2,1-2H3. The Labute approximate surface area is 113 Å². The Balaban J connectivity index is 1.97. The number of ether oxygens (including phenoxy) is 1. The molecule has 2 fully saturated rings. The van der Waals surface area contributed by atoms with Gasteiger partial charge in [-0.15, -0.1) is 0 Å². The van der Waals surface area contributed by atoms with E-state index in [-0.39, 0.29) is 0 Å². The number of likely N-dealkylation sites (N-methyl/N-ethyl adjacent to an activating group) is 1. The number of hydrogen-bond acceptors (Lipinski definition) is 2. The number of methoxy groups -OCH3 is 1. The Kier molecular flexibility index (Phi) is 5.97. The van der Waals surface area contributed by atoms with E-state index < -0.39 is 0 Å². The van der Waals surface area contributed by atoms with Crippen LogP contribution >= 0.6 is 0 Å². The summed E-state index contributed by atoms with van der Waals surface area (Å²) < 4.78 is 5.93. The minimum Gasteiger partial charge on any atom is -0.380 e. The Morgan fingerprint density at radius 1 is 0.833 bits per heavy atom. The fraction of sp³-hybridized carbons (Fsp3) is 1.00. The van der Waals surface area contributed by atoms with Crippen LogP contribution in [0.5, 0.6) is 0 Å². The van der Waals surface area contributed by atoms with Crippen molar-refractivity contribution in [2.75, 3.05) is 14.2 Å². The summed E-state index contributed by atoms with van der Waals surface area (Å²) in [6.45, 7) is 0. The van der Waals surface area contributed by atoms with Crippen molar-refractivity contribution in [3.05, 3.63) is 0 Å². The Bertz CT molecular complexity index is 195. The zero-order valence-electron chi connectivity index (χ0n) is 12.3. The van der Waals surface area contributed by atoms with Crippen molar-refractivity contribution in [3.63, 3.8) is 0 Å². The highest BCUT2D eigenvalue weighted by atomic mass is 16.5. The van der Waals surface area contributed by atoms with Gasteiger partial charge >= 0.3 is 0 Å². The second-order valence-corrected chi connectivity index (χ2v) is 6.31. The van der Waals surface area contributed by atoms with Crippen LogP contribution in [0, 0.1) is 11.8 Å². The second-order valence-electron chi connectivity index (χ2n) is 6.31. The molecule has 0 aromatic rings. The summed E-state index contributed by atoms with van der Waals surface area (Å²) in [7, 11) is 4.06. The van der Waals surface area contributed by atoms with E-state index in [4.69, 9.17) is 4.74 Å². The maximum atomic E-state index is 5.93. The highest BCUT2D eigenvalue weighted by Crippen LogP contribution is 2.35. The van der Waals surface area contributed by atoms with Gasteiger partial charge in [-0.3, -0.25) is 0 Å². The Hall–Kier alpha value is -0.0800. The van der Waals surface area contributed by atoms with Gasteiger partial charge in [-0.25, -0.2) is 0 Å². The fourth-order valence-corrected chi connectivity index (χ4v) is 4.26. The summed E-state index contributed by atoms with van der Waals surface area (Å²) >= 11 is 0. The number of rotatable bonds is 5. The van der Waals surface area contributed by atoms with Crippen LogP contribution < -0.4 is 5.32 Å². The lowest BCUT2D eigenvalue weighted by Gasteiger charge is -2.40. The van der Waals surface area contributed by atoms with Crippen LogP contribution in [0.15, 0.2) is 0 Å². The van der Waals surface area contributed by atoms with Crippen molar-refractivity contribution in [1.82, 2.24) is 5.32 Å². The average molecular weight is 253 g/mol. The van der Waals surface area contributed by atoms with Crippen molar-refractivity contribution in [2.24, 2.45) is 11.8 Å². The third kappa shape index (κ3) is 3.48. The molecule has 0 spiro atoms. The van der Waals surface area contributed by atoms with E-state index >= 15 is 0 Å². The lowest BCUT2D eigenvalue weighted by atomic mass is 9.75. The number of nitrogens with one attached hydrogen (secondary N) is 1. The molecule has 0 heterocycles. The summed E-state index contributed by atoms with van der Waals surface area (Å²) in [6.07, 6.45) is 14.5. The van der Waals surface area contributed by atoms with E-state index in [1.807, 2.05) is 7.11 Å². The topological polar surface area (TPSA) is 21.3 Å². The summed E-state index contributed by atoms with van der Waals surface area (Å²) in [5.41, 5.74) is 0. The summed E-state index contributed by atoms with van der Waals surface area (Å²) in [6, 6.07) is 0.582. The van der Waals surface area contributed by atoms with Gasteiger partial charge in [0.2, 0.25) is 0 Å². The van der Waals surface area contributed by atoms with E-state index in [9.17, 15) is 0 Å². The van der Waals surface area contributed by atoms with Crippen LogP contribution in [0.1, 0.15) is 64.2 Å². The maximum Gasteiger partial charge on any atom is 0.0754 e. The molecule has 2 rings (SSSR count). The number of hydrogen-bond donors (Lipinski definition) is 1. The van der Waals surface area contributed by atoms with Gasteiger partial charge in [0, 0.05) is 13.2 Å². The largest absolute Gasteiger partial charge is 0.380 e. The minimum atomic E-state index is 0.443. The quantitative estimate of drug-likeness (QED) is 0.805. The zero-order chi connectivity index (χ0) is 12.8. The van der Waals surface area contributed by atoms with Crippen LogP contribution in [0.3, 0.4) is 0 Å². The molecule has 2 heteroatoms. The highest BCUT2D eigenvalue weighted by Gasteiger charge is 2.34. The van der Waals surface area contributed by atoms with Crippen molar-refractivity contribution < 1.29 is 4.74 Å². The van der Waals surface area contributed by atoms with E-state index in [2.05, 4.69) is 12.4 Å². The smallest absolute Gasteiger partial charge is 0.0754 e. The van der Waals surface area contributed by atoms with Gasteiger partial charge < -0.3 is 10.1 Å². The lowest BCUT2D eigenvalue weighted by molar-refractivity contribution is -0.0107. The minimum absolute atomic E-state index is 0.443. The van der Waals surface area contributed by atoms with Gasteiger partial charge in [0.25, 0.3) is 0 Å². The first-order valence-electron chi connectivity index (χ1n) is 8.07. The predicted molar refractivity (Wildman–Crippen MR) is 76.8 cm³/mol. The Morgan fingerprint density at radius 2 is 1.33 bits per heavy atom. The van der Waals surface area contributed by atoms with Crippen LogP contribution in [-0.4, -0.2) is 26.3 Å². The SMILES string of the molecule is CNC(C1CCCCC1)C(OC)C1CCCCC1. The molecule has 0 radical (unpaired) electrons. The van der Waals surface area contributed by atoms with Crippen LogP contribution in [-0.2, 0) is 4.74 Å². The lowest BCUT2D eigenvalue weighted by Crippen LogP contribution is -2.49. The molecule has 2 aliphatic carbocycles. The fourth-order valence-electron chi connectivity index (χ4n) is 4.26. The molecule has 2 saturated carbocycles. The summed E-state index contributed by atoms with van der Waals surface area (Å²) in [5, 5.41) is 3.60. The molecule has 0 aliphatic heterocycles. The second kappa shape index (κ2) is 7.49. The van der Waals surface area contributed by atoms with Crippen LogP contribution in [0.2, 0.25) is 0 Å². The molecule has 2 nitrogen and oxygen atoms in total. The van der Waals surface area contributed by atoms with Gasteiger partial charge in [-0.2, -0.15) is 0 Å². The molecule has 18 heavy (non-hydrogen) atoms. The van der Waals surface area contributed by atoms with Crippen LogP contribution in [0.4, 0.5) is 0 Å². The molecule has 1 N–H and O–H groups in total. The summed E-state index contributed by atoms with van der Waals surface area (Å²) in [4.78, 5) is 0. The highest BCUT2D eigenvalue weighted by molar-refractivity contribution is 4.89. The monoisotopic (exact) mass is 253 g/mol. The van der Waals surface area contributed by atoms with E-state index in [1.54, 1.807) is 0 Å². The Morgan fingerprint density at radius 3 is 1.78 bits per heavy atom. The van der Waals surface area contributed by atoms with Gasteiger partial charge in [0.15, 0.2) is 0 Å². The normalized spacial score (nSPS) is 27.0. The summed E-state index contributed by atoms with van der Waals surface area (Å²) in [5.74, 6) is 1.64. The molecule has 2 aliphatic rings. The molecule has 2 atom stereocenters. The first-order valence-corrected chi connectivity index (χ1v) is 8.07. The predicted octanol–water partition coefficient (Wildman–Crippen LogP) is 3.75. The zero-order valence-corrected chi connectivity index (χ0v) is 12.3.